The van der Waals surface area contributed by atoms with Gasteiger partial charge in [-0.05, 0) is 58.7 Å². The number of aryl methyl sites for hydroxylation is 2. The zero-order valence-corrected chi connectivity index (χ0v) is 22.1. The molecule has 0 saturated carbocycles. The van der Waals surface area contributed by atoms with E-state index in [0.29, 0.717) is 12.1 Å². The van der Waals surface area contributed by atoms with Gasteiger partial charge in [0.25, 0.3) is 0 Å². The maximum atomic E-state index is 13.6. The Labute approximate surface area is 204 Å². The van der Waals surface area contributed by atoms with Crippen LogP contribution in [-0.4, -0.2) is 49.5 Å². The average Bonchev–Trinajstić information content (AvgIpc) is 2.70. The maximum absolute atomic E-state index is 13.6. The number of carbonyl (C=O) groups is 2. The quantitative estimate of drug-likeness (QED) is 0.583. The average molecular weight is 488 g/mol. The minimum Gasteiger partial charge on any atom is -0.350 e. The molecule has 1 atom stereocenters. The van der Waals surface area contributed by atoms with Crippen molar-refractivity contribution in [2.24, 2.45) is 0 Å². The zero-order chi connectivity index (χ0) is 25.7. The largest absolute Gasteiger partial charge is 0.350 e. The predicted molar refractivity (Wildman–Crippen MR) is 137 cm³/mol. The third-order valence-corrected chi connectivity index (χ3v) is 6.46. The number of benzene rings is 2. The van der Waals surface area contributed by atoms with Gasteiger partial charge in [-0.3, -0.25) is 13.9 Å². The van der Waals surface area contributed by atoms with Crippen LogP contribution in [0.5, 0.6) is 0 Å². The van der Waals surface area contributed by atoms with Gasteiger partial charge in [-0.1, -0.05) is 54.4 Å². The summed E-state index contributed by atoms with van der Waals surface area (Å²) in [6, 6.07) is 13.9. The molecule has 0 aliphatic carbocycles. The number of hydrogen-bond acceptors (Lipinski definition) is 4. The van der Waals surface area contributed by atoms with Crippen LogP contribution in [0.25, 0.3) is 0 Å². The molecule has 0 heterocycles. The first kappa shape index (κ1) is 27.4. The third-order valence-electron chi connectivity index (χ3n) is 5.32. The van der Waals surface area contributed by atoms with E-state index in [2.05, 4.69) is 5.32 Å². The van der Waals surface area contributed by atoms with Crippen LogP contribution in [0, 0.1) is 13.8 Å². The molecule has 0 fully saturated rings. The molecule has 0 bridgehead atoms. The second-order valence-corrected chi connectivity index (χ2v) is 11.7. The molecule has 2 aromatic rings. The van der Waals surface area contributed by atoms with Crippen LogP contribution < -0.4 is 9.62 Å². The molecule has 7 nitrogen and oxygen atoms in total. The molecule has 0 saturated heterocycles. The van der Waals surface area contributed by atoms with Crippen molar-refractivity contribution >= 4 is 27.5 Å². The van der Waals surface area contributed by atoms with E-state index in [1.165, 1.54) is 4.90 Å². The van der Waals surface area contributed by atoms with E-state index in [1.54, 1.807) is 24.3 Å². The predicted octanol–water partition coefficient (Wildman–Crippen LogP) is 3.79. The molecule has 2 amide bonds. The van der Waals surface area contributed by atoms with Crippen molar-refractivity contribution in [1.29, 1.82) is 0 Å². The molecule has 186 valence electrons. The number of nitrogens with zero attached hydrogens (tertiary/aromatic N) is 2. The zero-order valence-electron chi connectivity index (χ0n) is 21.3. The SMILES string of the molecule is CC[C@H](C(=O)NC(C)(C)C)N(Cc1cccc(C)c1)C(=O)CN(c1ccc(C)cc1)S(C)(=O)=O. The lowest BCUT2D eigenvalue weighted by Crippen LogP contribution is -2.55. The van der Waals surface area contributed by atoms with E-state index < -0.39 is 34.1 Å². The highest BCUT2D eigenvalue weighted by atomic mass is 32.2. The summed E-state index contributed by atoms with van der Waals surface area (Å²) in [5, 5.41) is 2.96. The summed E-state index contributed by atoms with van der Waals surface area (Å²) in [5.74, 6) is -0.708. The van der Waals surface area contributed by atoms with Crippen LogP contribution in [0.4, 0.5) is 5.69 Å². The van der Waals surface area contributed by atoms with Crippen LogP contribution in [-0.2, 0) is 26.2 Å². The molecule has 2 aromatic carbocycles. The Morgan fingerprint density at radius 1 is 1.00 bits per heavy atom. The van der Waals surface area contributed by atoms with Crippen molar-refractivity contribution < 1.29 is 18.0 Å². The van der Waals surface area contributed by atoms with Crippen molar-refractivity contribution in [2.45, 2.75) is 66.1 Å². The Balaban J connectivity index is 2.45. The number of sulfonamides is 1. The molecular weight excluding hydrogens is 450 g/mol. The lowest BCUT2D eigenvalue weighted by atomic mass is 10.0. The van der Waals surface area contributed by atoms with E-state index in [-0.39, 0.29) is 12.5 Å². The summed E-state index contributed by atoms with van der Waals surface area (Å²) >= 11 is 0. The van der Waals surface area contributed by atoms with Gasteiger partial charge in [0, 0.05) is 12.1 Å². The number of anilines is 1. The minimum absolute atomic E-state index is 0.197. The molecule has 8 heteroatoms. The molecule has 34 heavy (non-hydrogen) atoms. The first-order chi connectivity index (χ1) is 15.7. The molecule has 2 rings (SSSR count). The number of rotatable bonds is 9. The molecule has 0 unspecified atom stereocenters. The highest BCUT2D eigenvalue weighted by molar-refractivity contribution is 7.92. The van der Waals surface area contributed by atoms with Gasteiger partial charge in [-0.15, -0.1) is 0 Å². The summed E-state index contributed by atoms with van der Waals surface area (Å²) in [7, 11) is -3.74. The highest BCUT2D eigenvalue weighted by Gasteiger charge is 2.33. The second kappa shape index (κ2) is 11.0. The van der Waals surface area contributed by atoms with E-state index >= 15 is 0 Å². The Bertz CT molecular complexity index is 1110. The first-order valence-corrected chi connectivity index (χ1v) is 13.3. The molecule has 0 spiro atoms. The van der Waals surface area contributed by atoms with Gasteiger partial charge in [0.1, 0.15) is 12.6 Å². The monoisotopic (exact) mass is 487 g/mol. The first-order valence-electron chi connectivity index (χ1n) is 11.4. The third kappa shape index (κ3) is 7.87. The fraction of sp³-hybridized carbons (Fsp3) is 0.462. The van der Waals surface area contributed by atoms with Crippen molar-refractivity contribution in [2.75, 3.05) is 17.1 Å². The normalized spacial score (nSPS) is 12.7. The van der Waals surface area contributed by atoms with Crippen LogP contribution in [0.1, 0.15) is 50.8 Å². The Kier molecular flexibility index (Phi) is 8.89. The van der Waals surface area contributed by atoms with Gasteiger partial charge in [-0.2, -0.15) is 0 Å². The van der Waals surface area contributed by atoms with Gasteiger partial charge in [0.15, 0.2) is 0 Å². The summed E-state index contributed by atoms with van der Waals surface area (Å²) in [5.41, 5.74) is 2.83. The van der Waals surface area contributed by atoms with E-state index in [1.807, 2.05) is 65.8 Å². The van der Waals surface area contributed by atoms with E-state index in [4.69, 9.17) is 0 Å². The number of carbonyl (C=O) groups excluding carboxylic acids is 2. The van der Waals surface area contributed by atoms with Gasteiger partial charge in [0.05, 0.1) is 11.9 Å². The Morgan fingerprint density at radius 2 is 1.62 bits per heavy atom. The van der Waals surface area contributed by atoms with Crippen molar-refractivity contribution in [1.82, 2.24) is 10.2 Å². The fourth-order valence-electron chi connectivity index (χ4n) is 3.70. The molecule has 0 radical (unpaired) electrons. The summed E-state index contributed by atoms with van der Waals surface area (Å²) in [4.78, 5) is 28.3. The smallest absolute Gasteiger partial charge is 0.244 e. The van der Waals surface area contributed by atoms with Crippen molar-refractivity contribution in [3.05, 3.63) is 65.2 Å². The number of nitrogens with one attached hydrogen (secondary N) is 1. The van der Waals surface area contributed by atoms with Gasteiger partial charge < -0.3 is 10.2 Å². The lowest BCUT2D eigenvalue weighted by molar-refractivity contribution is -0.141. The lowest BCUT2D eigenvalue weighted by Gasteiger charge is -2.34. The summed E-state index contributed by atoms with van der Waals surface area (Å²) in [6.45, 7) is 11.2. The topological polar surface area (TPSA) is 86.8 Å². The maximum Gasteiger partial charge on any atom is 0.244 e. The standard InChI is InChI=1S/C26H37N3O4S/c1-8-23(25(31)27-26(4,5)6)28(17-21-11-9-10-20(3)16-21)24(30)18-29(34(7,32)33)22-14-12-19(2)13-15-22/h9-16,23H,8,17-18H2,1-7H3,(H,27,31)/t23-/m1/s1. The van der Waals surface area contributed by atoms with Crippen molar-refractivity contribution in [3.63, 3.8) is 0 Å². The highest BCUT2D eigenvalue weighted by Crippen LogP contribution is 2.21. The second-order valence-electron chi connectivity index (χ2n) is 9.78. The molecular formula is C26H37N3O4S. The fourth-order valence-corrected chi connectivity index (χ4v) is 4.55. The molecule has 0 aliphatic rings. The van der Waals surface area contributed by atoms with Crippen LogP contribution in [0.2, 0.25) is 0 Å². The molecule has 0 aliphatic heterocycles. The molecule has 0 aromatic heterocycles. The van der Waals surface area contributed by atoms with Gasteiger partial charge in [-0.25, -0.2) is 8.42 Å². The number of amides is 2. The van der Waals surface area contributed by atoms with Crippen LogP contribution in [0.3, 0.4) is 0 Å². The number of hydrogen-bond donors (Lipinski definition) is 1. The summed E-state index contributed by atoms with van der Waals surface area (Å²) in [6.07, 6.45) is 1.47. The molecule has 1 N–H and O–H groups in total. The van der Waals surface area contributed by atoms with Gasteiger partial charge in [0.2, 0.25) is 21.8 Å². The Morgan fingerprint density at radius 3 is 2.12 bits per heavy atom. The minimum atomic E-state index is -3.74. The van der Waals surface area contributed by atoms with Crippen LogP contribution in [0.15, 0.2) is 48.5 Å². The van der Waals surface area contributed by atoms with E-state index in [0.717, 1.165) is 27.3 Å². The van der Waals surface area contributed by atoms with Crippen LogP contribution >= 0.6 is 0 Å². The van der Waals surface area contributed by atoms with Gasteiger partial charge >= 0.3 is 0 Å². The Hall–Kier alpha value is -2.87. The summed E-state index contributed by atoms with van der Waals surface area (Å²) < 4.78 is 26.3. The van der Waals surface area contributed by atoms with Crippen molar-refractivity contribution in [3.8, 4) is 0 Å². The van der Waals surface area contributed by atoms with E-state index in [9.17, 15) is 18.0 Å².